The number of rotatable bonds is 5. The van der Waals surface area contributed by atoms with Crippen LogP contribution in [0.5, 0.6) is 0 Å². The third-order valence-electron chi connectivity index (χ3n) is 4.99. The molecule has 5 aromatic rings. The van der Waals surface area contributed by atoms with Crippen LogP contribution in [-0.2, 0) is 4.74 Å². The second-order valence-electron chi connectivity index (χ2n) is 6.90. The van der Waals surface area contributed by atoms with Crippen LogP contribution >= 0.6 is 0 Å². The topological polar surface area (TPSA) is 76.5 Å². The summed E-state index contributed by atoms with van der Waals surface area (Å²) in [6, 6.07) is 22.0. The minimum absolute atomic E-state index is 0.147. The number of esters is 1. The van der Waals surface area contributed by atoms with Gasteiger partial charge in [-0.15, -0.1) is 0 Å². The van der Waals surface area contributed by atoms with Crippen molar-refractivity contribution in [1.29, 1.82) is 0 Å². The summed E-state index contributed by atoms with van der Waals surface area (Å²) >= 11 is 0. The molecule has 0 amide bonds. The highest BCUT2D eigenvalue weighted by molar-refractivity contribution is 6.10. The maximum absolute atomic E-state index is 13.4. The number of aromatic amines is 1. The van der Waals surface area contributed by atoms with Crippen molar-refractivity contribution in [1.82, 2.24) is 14.4 Å². The summed E-state index contributed by atoms with van der Waals surface area (Å²) in [6.07, 6.45) is 3.96. The lowest BCUT2D eigenvalue weighted by atomic mass is 9.99. The molecule has 3 heterocycles. The van der Waals surface area contributed by atoms with Gasteiger partial charge in [-0.2, -0.15) is 0 Å². The number of carbonyl (C=O) groups excluding carboxylic acids is 2. The van der Waals surface area contributed by atoms with Crippen molar-refractivity contribution in [2.24, 2.45) is 0 Å². The van der Waals surface area contributed by atoms with Gasteiger partial charge in [0.2, 0.25) is 5.78 Å². The lowest BCUT2D eigenvalue weighted by Gasteiger charge is -2.16. The molecule has 0 fully saturated rings. The lowest BCUT2D eigenvalue weighted by molar-refractivity contribution is 0.0275. The highest BCUT2D eigenvalue weighted by atomic mass is 16.5. The van der Waals surface area contributed by atoms with Gasteiger partial charge in [-0.05, 0) is 18.2 Å². The molecule has 6 heteroatoms. The van der Waals surface area contributed by atoms with Crippen molar-refractivity contribution >= 4 is 28.3 Å². The van der Waals surface area contributed by atoms with Crippen molar-refractivity contribution in [3.8, 4) is 0 Å². The number of aromatic nitrogens is 3. The van der Waals surface area contributed by atoms with Crippen LogP contribution < -0.4 is 0 Å². The molecule has 6 nitrogen and oxygen atoms in total. The summed E-state index contributed by atoms with van der Waals surface area (Å²) < 4.78 is 7.44. The van der Waals surface area contributed by atoms with Crippen LogP contribution in [0.25, 0.3) is 16.6 Å². The minimum atomic E-state index is -1.08. The van der Waals surface area contributed by atoms with Crippen LogP contribution in [0.15, 0.2) is 91.4 Å². The smallest absolute Gasteiger partial charge is 0.359 e. The van der Waals surface area contributed by atoms with E-state index in [2.05, 4.69) is 9.97 Å². The number of para-hydroxylation sites is 1. The molecule has 0 radical (unpaired) electrons. The molecule has 0 aliphatic carbocycles. The maximum atomic E-state index is 13.4. The average Bonchev–Trinajstić information content (AvgIpc) is 3.42. The van der Waals surface area contributed by atoms with Crippen LogP contribution in [-0.4, -0.2) is 26.1 Å². The first-order chi connectivity index (χ1) is 14.7. The van der Waals surface area contributed by atoms with Crippen LogP contribution in [0.4, 0.5) is 0 Å². The molecule has 0 bridgehead atoms. The van der Waals surface area contributed by atoms with E-state index in [1.165, 1.54) is 0 Å². The molecule has 0 spiro atoms. The summed E-state index contributed by atoms with van der Waals surface area (Å²) in [5.41, 5.74) is 2.70. The van der Waals surface area contributed by atoms with E-state index < -0.39 is 12.1 Å². The largest absolute Gasteiger partial charge is 0.444 e. The van der Waals surface area contributed by atoms with Gasteiger partial charge in [0, 0.05) is 40.6 Å². The fourth-order valence-corrected chi connectivity index (χ4v) is 3.52. The maximum Gasteiger partial charge on any atom is 0.359 e. The van der Waals surface area contributed by atoms with Gasteiger partial charge < -0.3 is 14.1 Å². The molecular formula is C24H17N3O3. The van der Waals surface area contributed by atoms with Crippen LogP contribution in [0.3, 0.4) is 0 Å². The SMILES string of the molecule is O=C(OC(C(=O)c1c[nH]c2ccccc12)c1ccccc1)c1cn2ccccc2n1. The van der Waals surface area contributed by atoms with Gasteiger partial charge in [-0.3, -0.25) is 4.79 Å². The fraction of sp³-hybridized carbons (Fsp3) is 0.0417. The Morgan fingerprint density at radius 1 is 0.933 bits per heavy atom. The second kappa shape index (κ2) is 7.33. The highest BCUT2D eigenvalue weighted by Crippen LogP contribution is 2.28. The number of benzene rings is 2. The molecule has 3 aromatic heterocycles. The van der Waals surface area contributed by atoms with Crippen molar-refractivity contribution in [3.63, 3.8) is 0 Å². The van der Waals surface area contributed by atoms with Gasteiger partial charge in [0.25, 0.3) is 0 Å². The van der Waals surface area contributed by atoms with E-state index in [1.54, 1.807) is 41.2 Å². The molecule has 0 saturated carbocycles. The first-order valence-corrected chi connectivity index (χ1v) is 9.51. The summed E-state index contributed by atoms with van der Waals surface area (Å²) in [6.45, 7) is 0. The number of imidazole rings is 1. The van der Waals surface area contributed by atoms with Gasteiger partial charge in [0.05, 0.1) is 0 Å². The van der Waals surface area contributed by atoms with Crippen molar-refractivity contribution in [2.45, 2.75) is 6.10 Å². The Balaban J connectivity index is 1.52. The first kappa shape index (κ1) is 17.9. The minimum Gasteiger partial charge on any atom is -0.444 e. The Labute approximate surface area is 171 Å². The molecule has 1 N–H and O–H groups in total. The van der Waals surface area contributed by atoms with Gasteiger partial charge in [-0.1, -0.05) is 54.6 Å². The molecular weight excluding hydrogens is 378 g/mol. The number of ketones is 1. The number of ether oxygens (including phenoxy) is 1. The molecule has 0 aliphatic heterocycles. The highest BCUT2D eigenvalue weighted by Gasteiger charge is 2.29. The third kappa shape index (κ3) is 3.14. The number of hydrogen-bond acceptors (Lipinski definition) is 4. The van der Waals surface area contributed by atoms with Crippen LogP contribution in [0.1, 0.15) is 32.5 Å². The Morgan fingerprint density at radius 3 is 2.53 bits per heavy atom. The summed E-state index contributed by atoms with van der Waals surface area (Å²) in [7, 11) is 0. The number of nitrogens with one attached hydrogen (secondary N) is 1. The van der Waals surface area contributed by atoms with E-state index in [0.29, 0.717) is 16.8 Å². The van der Waals surface area contributed by atoms with E-state index in [1.807, 2.05) is 54.6 Å². The molecule has 30 heavy (non-hydrogen) atoms. The predicted molar refractivity (Wildman–Crippen MR) is 112 cm³/mol. The Morgan fingerprint density at radius 2 is 1.70 bits per heavy atom. The number of hydrogen-bond donors (Lipinski definition) is 1. The number of Topliss-reactive ketones (excluding diaryl/α,β-unsaturated/α-hetero) is 1. The van der Waals surface area contributed by atoms with E-state index in [-0.39, 0.29) is 11.5 Å². The van der Waals surface area contributed by atoms with Crippen molar-refractivity contribution in [3.05, 3.63) is 108 Å². The second-order valence-corrected chi connectivity index (χ2v) is 6.90. The molecule has 0 aliphatic rings. The standard InChI is InChI=1S/C24H17N3O3/c28-22(18-14-25-19-11-5-4-10-17(18)19)23(16-8-2-1-3-9-16)30-24(29)20-15-27-13-7-6-12-21(27)26-20/h1-15,23,25H. The number of H-pyrrole nitrogens is 1. The normalized spacial score (nSPS) is 12.1. The molecule has 2 aromatic carbocycles. The molecule has 1 unspecified atom stereocenters. The summed E-state index contributed by atoms with van der Waals surface area (Å²) in [4.78, 5) is 33.7. The summed E-state index contributed by atoms with van der Waals surface area (Å²) in [5.74, 6) is -0.948. The first-order valence-electron chi connectivity index (χ1n) is 9.51. The lowest BCUT2D eigenvalue weighted by Crippen LogP contribution is -2.20. The predicted octanol–water partition coefficient (Wildman–Crippen LogP) is 4.60. The van der Waals surface area contributed by atoms with Gasteiger partial charge in [0.15, 0.2) is 11.8 Å². The number of carbonyl (C=O) groups is 2. The fourth-order valence-electron chi connectivity index (χ4n) is 3.52. The molecule has 146 valence electrons. The monoisotopic (exact) mass is 395 g/mol. The van der Waals surface area contributed by atoms with E-state index in [4.69, 9.17) is 4.74 Å². The van der Waals surface area contributed by atoms with Crippen molar-refractivity contribution in [2.75, 3.05) is 0 Å². The molecule has 1 atom stereocenters. The Bertz CT molecular complexity index is 1340. The molecule has 5 rings (SSSR count). The van der Waals surface area contributed by atoms with Gasteiger partial charge in [-0.25, -0.2) is 9.78 Å². The third-order valence-corrected chi connectivity index (χ3v) is 4.99. The average molecular weight is 395 g/mol. The zero-order valence-electron chi connectivity index (χ0n) is 15.9. The van der Waals surface area contributed by atoms with Crippen molar-refractivity contribution < 1.29 is 14.3 Å². The number of nitrogens with zero attached hydrogens (tertiary/aromatic N) is 2. The van der Waals surface area contributed by atoms with Gasteiger partial charge >= 0.3 is 5.97 Å². The molecule has 0 saturated heterocycles. The zero-order chi connectivity index (χ0) is 20.5. The Hall–Kier alpha value is -4.19. The van der Waals surface area contributed by atoms with E-state index in [0.717, 1.165) is 10.9 Å². The number of pyridine rings is 1. The number of fused-ring (bicyclic) bond motifs is 2. The van der Waals surface area contributed by atoms with E-state index >= 15 is 0 Å². The van der Waals surface area contributed by atoms with Crippen LogP contribution in [0.2, 0.25) is 0 Å². The quantitative estimate of drug-likeness (QED) is 0.349. The zero-order valence-corrected chi connectivity index (χ0v) is 15.9. The van der Waals surface area contributed by atoms with E-state index in [9.17, 15) is 9.59 Å². The summed E-state index contributed by atoms with van der Waals surface area (Å²) in [5, 5.41) is 0.784. The van der Waals surface area contributed by atoms with Gasteiger partial charge in [0.1, 0.15) is 5.65 Å². The Kier molecular flexibility index (Phi) is 4.37. The van der Waals surface area contributed by atoms with Crippen LogP contribution in [0, 0.1) is 0 Å².